The summed E-state index contributed by atoms with van der Waals surface area (Å²) in [5.41, 5.74) is 1.13. The minimum atomic E-state index is 0.122. The molecule has 0 saturated heterocycles. The van der Waals surface area contributed by atoms with E-state index in [1.54, 1.807) is 0 Å². The summed E-state index contributed by atoms with van der Waals surface area (Å²) in [6, 6.07) is 4.17. The Morgan fingerprint density at radius 1 is 1.42 bits per heavy atom. The smallest absolute Gasteiger partial charge is 0.175 e. The normalized spacial score (nSPS) is 14.8. The number of halogens is 1. The molecule has 1 aliphatic heterocycles. The fourth-order valence-electron chi connectivity index (χ4n) is 2.04. The minimum absolute atomic E-state index is 0.122. The molecule has 0 bridgehead atoms. The van der Waals surface area contributed by atoms with Crippen LogP contribution in [0.1, 0.15) is 25.3 Å². The molecule has 1 N–H and O–H groups in total. The van der Waals surface area contributed by atoms with Crippen LogP contribution in [0.15, 0.2) is 16.6 Å². The van der Waals surface area contributed by atoms with E-state index in [4.69, 9.17) is 15.9 Å². The van der Waals surface area contributed by atoms with Crippen molar-refractivity contribution in [3.8, 4) is 23.8 Å². The van der Waals surface area contributed by atoms with Crippen LogP contribution in [0.25, 0.3) is 0 Å². The maximum absolute atomic E-state index is 5.60. The Morgan fingerprint density at radius 3 is 2.95 bits per heavy atom. The molecule has 1 unspecified atom stereocenters. The molecule has 0 aliphatic carbocycles. The lowest BCUT2D eigenvalue weighted by atomic mass is 10.1. The molecule has 4 heteroatoms. The molecule has 19 heavy (non-hydrogen) atoms. The first kappa shape index (κ1) is 14.2. The fraction of sp³-hybridized carbons (Fsp3) is 0.467. The Hall–Kier alpha value is -1.18. The highest BCUT2D eigenvalue weighted by Gasteiger charge is 2.16. The number of ether oxygens (including phenoxy) is 2. The van der Waals surface area contributed by atoms with Crippen LogP contribution in [-0.4, -0.2) is 19.3 Å². The van der Waals surface area contributed by atoms with Crippen LogP contribution in [0, 0.1) is 12.3 Å². The van der Waals surface area contributed by atoms with Gasteiger partial charge >= 0.3 is 0 Å². The molecular weight excluding hydrogens is 306 g/mol. The van der Waals surface area contributed by atoms with Crippen molar-refractivity contribution < 1.29 is 9.47 Å². The van der Waals surface area contributed by atoms with Crippen LogP contribution < -0.4 is 14.8 Å². The van der Waals surface area contributed by atoms with E-state index >= 15 is 0 Å². The van der Waals surface area contributed by atoms with Crippen LogP contribution in [0.2, 0.25) is 0 Å². The summed E-state index contributed by atoms with van der Waals surface area (Å²) in [6.45, 7) is 4.05. The van der Waals surface area contributed by atoms with Gasteiger partial charge < -0.3 is 9.47 Å². The molecule has 1 aromatic rings. The Balaban J connectivity index is 2.05. The zero-order valence-electron chi connectivity index (χ0n) is 11.0. The van der Waals surface area contributed by atoms with Crippen molar-refractivity contribution >= 4 is 15.9 Å². The predicted octanol–water partition coefficient (Wildman–Crippen LogP) is 3.11. The number of hydrogen-bond acceptors (Lipinski definition) is 3. The molecule has 0 saturated carbocycles. The van der Waals surface area contributed by atoms with Gasteiger partial charge in [-0.25, -0.2) is 0 Å². The quantitative estimate of drug-likeness (QED) is 0.844. The number of hydrogen-bond donors (Lipinski definition) is 1. The van der Waals surface area contributed by atoms with Gasteiger partial charge in [0, 0.05) is 6.54 Å². The number of nitrogens with one attached hydrogen (secondary N) is 1. The van der Waals surface area contributed by atoms with E-state index in [9.17, 15) is 0 Å². The molecule has 0 spiro atoms. The van der Waals surface area contributed by atoms with Gasteiger partial charge in [0.2, 0.25) is 0 Å². The zero-order chi connectivity index (χ0) is 13.7. The average Bonchev–Trinajstić information content (AvgIpc) is 2.43. The molecule has 0 aromatic heterocycles. The molecule has 1 heterocycles. The summed E-state index contributed by atoms with van der Waals surface area (Å²) in [6.07, 6.45) is 7.56. The lowest BCUT2D eigenvalue weighted by Gasteiger charge is -2.21. The van der Waals surface area contributed by atoms with Crippen LogP contribution >= 0.6 is 15.9 Å². The lowest BCUT2D eigenvalue weighted by Crippen LogP contribution is -2.27. The van der Waals surface area contributed by atoms with Crippen molar-refractivity contribution in [1.82, 2.24) is 5.32 Å². The highest BCUT2D eigenvalue weighted by molar-refractivity contribution is 9.10. The highest BCUT2D eigenvalue weighted by atomic mass is 79.9. The standard InChI is InChI=1S/C15H18BrNO2/c1-3-5-12(4-2)17-10-11-8-13(16)15-14(9-11)18-6-7-19-15/h2,8-9,12,17H,3,5-7,10H2,1H3. The molecular formula is C15H18BrNO2. The minimum Gasteiger partial charge on any atom is -0.486 e. The number of rotatable bonds is 5. The summed E-state index contributed by atoms with van der Waals surface area (Å²) in [5.74, 6) is 4.36. The molecule has 1 aliphatic rings. The van der Waals surface area contributed by atoms with E-state index in [2.05, 4.69) is 34.1 Å². The molecule has 3 nitrogen and oxygen atoms in total. The van der Waals surface area contributed by atoms with Crippen LogP contribution in [0.4, 0.5) is 0 Å². The fourth-order valence-corrected chi connectivity index (χ4v) is 2.64. The number of terminal acetylenes is 1. The van der Waals surface area contributed by atoms with Gasteiger partial charge in [0.1, 0.15) is 13.2 Å². The molecule has 1 aromatic carbocycles. The lowest BCUT2D eigenvalue weighted by molar-refractivity contribution is 0.170. The molecule has 2 rings (SSSR count). The van der Waals surface area contributed by atoms with E-state index < -0.39 is 0 Å². The number of fused-ring (bicyclic) bond motifs is 1. The van der Waals surface area contributed by atoms with Crippen LogP contribution in [0.5, 0.6) is 11.5 Å². The summed E-state index contributed by atoms with van der Waals surface area (Å²) in [7, 11) is 0. The van der Waals surface area contributed by atoms with Gasteiger partial charge in [-0.15, -0.1) is 6.42 Å². The van der Waals surface area contributed by atoms with E-state index in [0.717, 1.165) is 40.9 Å². The second kappa shape index (κ2) is 6.83. The van der Waals surface area contributed by atoms with Crippen molar-refractivity contribution in [3.63, 3.8) is 0 Å². The Kier molecular flexibility index (Phi) is 5.12. The summed E-state index contributed by atoms with van der Waals surface area (Å²) < 4.78 is 12.1. The molecule has 102 valence electrons. The topological polar surface area (TPSA) is 30.5 Å². The highest BCUT2D eigenvalue weighted by Crippen LogP contribution is 2.38. The Labute approximate surface area is 122 Å². The molecule has 0 amide bonds. The van der Waals surface area contributed by atoms with Gasteiger partial charge in [0.25, 0.3) is 0 Å². The van der Waals surface area contributed by atoms with Crippen molar-refractivity contribution in [1.29, 1.82) is 0 Å². The maximum Gasteiger partial charge on any atom is 0.175 e. The van der Waals surface area contributed by atoms with Crippen LogP contribution in [0.3, 0.4) is 0 Å². The number of benzene rings is 1. The van der Waals surface area contributed by atoms with Crippen molar-refractivity contribution in [2.24, 2.45) is 0 Å². The third kappa shape index (κ3) is 3.65. The second-order valence-corrected chi connectivity index (χ2v) is 5.34. The Morgan fingerprint density at radius 2 is 2.21 bits per heavy atom. The first-order chi connectivity index (χ1) is 9.24. The molecule has 1 atom stereocenters. The summed E-state index contributed by atoms with van der Waals surface area (Å²) >= 11 is 3.51. The third-order valence-electron chi connectivity index (χ3n) is 2.99. The van der Waals surface area contributed by atoms with Crippen molar-refractivity contribution in [2.75, 3.05) is 13.2 Å². The van der Waals surface area contributed by atoms with Crippen LogP contribution in [-0.2, 0) is 6.54 Å². The first-order valence-electron chi connectivity index (χ1n) is 6.52. The van der Waals surface area contributed by atoms with Gasteiger partial charge in [-0.2, -0.15) is 0 Å². The maximum atomic E-state index is 5.60. The summed E-state index contributed by atoms with van der Waals surface area (Å²) in [5, 5.41) is 3.37. The molecule has 0 fully saturated rings. The van der Waals surface area contributed by atoms with Gasteiger partial charge in [-0.1, -0.05) is 19.3 Å². The third-order valence-corrected chi connectivity index (χ3v) is 3.58. The van der Waals surface area contributed by atoms with E-state index in [0.29, 0.717) is 13.2 Å². The van der Waals surface area contributed by atoms with Gasteiger partial charge in [0.15, 0.2) is 11.5 Å². The average molecular weight is 324 g/mol. The first-order valence-corrected chi connectivity index (χ1v) is 7.31. The largest absolute Gasteiger partial charge is 0.486 e. The van der Waals surface area contributed by atoms with E-state index in [-0.39, 0.29) is 6.04 Å². The zero-order valence-corrected chi connectivity index (χ0v) is 12.6. The molecule has 0 radical (unpaired) electrons. The van der Waals surface area contributed by atoms with E-state index in [1.165, 1.54) is 0 Å². The SMILES string of the molecule is C#CC(CCC)NCc1cc(Br)c2c(c1)OCCO2. The van der Waals surface area contributed by atoms with Gasteiger partial charge in [-0.3, -0.25) is 5.32 Å². The van der Waals surface area contributed by atoms with E-state index in [1.807, 2.05) is 12.1 Å². The second-order valence-electron chi connectivity index (χ2n) is 4.49. The monoisotopic (exact) mass is 323 g/mol. The summed E-state index contributed by atoms with van der Waals surface area (Å²) in [4.78, 5) is 0. The van der Waals surface area contributed by atoms with Crippen molar-refractivity contribution in [3.05, 3.63) is 22.2 Å². The van der Waals surface area contributed by atoms with Gasteiger partial charge in [-0.05, 0) is 40.0 Å². The Bertz CT molecular complexity index is 482. The van der Waals surface area contributed by atoms with Crippen molar-refractivity contribution in [2.45, 2.75) is 32.4 Å². The van der Waals surface area contributed by atoms with Gasteiger partial charge in [0.05, 0.1) is 10.5 Å². The predicted molar refractivity (Wildman–Crippen MR) is 79.5 cm³/mol.